The van der Waals surface area contributed by atoms with Crippen LogP contribution in [0.1, 0.15) is 31.4 Å². The summed E-state index contributed by atoms with van der Waals surface area (Å²) in [6.07, 6.45) is 2.75. The van der Waals surface area contributed by atoms with E-state index in [1.165, 1.54) is 38.0 Å². The van der Waals surface area contributed by atoms with E-state index in [2.05, 4.69) is 57.3 Å². The van der Waals surface area contributed by atoms with Crippen molar-refractivity contribution in [3.8, 4) is 0 Å². The van der Waals surface area contributed by atoms with E-state index in [1.54, 1.807) is 0 Å². The third-order valence-corrected chi connectivity index (χ3v) is 3.98. The molecule has 2 nitrogen and oxygen atoms in total. The average molecular weight is 297 g/mol. The highest BCUT2D eigenvalue weighted by molar-refractivity contribution is 9.10. The van der Waals surface area contributed by atoms with Gasteiger partial charge < -0.3 is 10.2 Å². The lowest BCUT2D eigenvalue weighted by molar-refractivity contribution is 0.330. The van der Waals surface area contributed by atoms with Crippen molar-refractivity contribution in [3.63, 3.8) is 0 Å². The van der Waals surface area contributed by atoms with Gasteiger partial charge in [-0.15, -0.1) is 0 Å². The number of hydrogen-bond donors (Lipinski definition) is 1. The van der Waals surface area contributed by atoms with E-state index in [0.717, 1.165) is 11.0 Å². The number of benzene rings is 1. The molecule has 1 N–H and O–H groups in total. The van der Waals surface area contributed by atoms with Gasteiger partial charge in [0.25, 0.3) is 0 Å². The molecule has 0 aromatic heterocycles. The lowest BCUT2D eigenvalue weighted by Crippen LogP contribution is -2.31. The van der Waals surface area contributed by atoms with Crippen molar-refractivity contribution in [1.82, 2.24) is 10.2 Å². The summed E-state index contributed by atoms with van der Waals surface area (Å²) in [6.45, 7) is 7.06. The summed E-state index contributed by atoms with van der Waals surface area (Å²) in [5.74, 6) is 0. The Morgan fingerprint density at radius 3 is 2.53 bits per heavy atom. The second kappa shape index (κ2) is 6.53. The molecule has 0 radical (unpaired) electrons. The van der Waals surface area contributed by atoms with Crippen LogP contribution in [0.15, 0.2) is 28.7 Å². The molecule has 1 aliphatic rings. The summed E-state index contributed by atoms with van der Waals surface area (Å²) in [4.78, 5) is 2.54. The summed E-state index contributed by atoms with van der Waals surface area (Å²) in [6, 6.07) is 9.00. The van der Waals surface area contributed by atoms with Crippen molar-refractivity contribution < 1.29 is 0 Å². The molecule has 1 heterocycles. The van der Waals surface area contributed by atoms with Crippen molar-refractivity contribution >= 4 is 15.9 Å². The SMILES string of the molecule is CC(NCCN1CCCC1)c1ccc(Br)cc1. The zero-order valence-corrected chi connectivity index (χ0v) is 12.0. The van der Waals surface area contributed by atoms with Crippen molar-refractivity contribution in [1.29, 1.82) is 0 Å². The molecule has 1 atom stereocenters. The van der Waals surface area contributed by atoms with Gasteiger partial charge in [-0.1, -0.05) is 28.1 Å². The van der Waals surface area contributed by atoms with Crippen LogP contribution in [0.25, 0.3) is 0 Å². The van der Waals surface area contributed by atoms with Crippen LogP contribution >= 0.6 is 15.9 Å². The molecular formula is C14H21BrN2. The Morgan fingerprint density at radius 1 is 1.24 bits per heavy atom. The Bertz CT molecular complexity index is 331. The summed E-state index contributed by atoms with van der Waals surface area (Å²) in [7, 11) is 0. The molecule has 1 fully saturated rings. The van der Waals surface area contributed by atoms with Gasteiger partial charge in [0.1, 0.15) is 0 Å². The van der Waals surface area contributed by atoms with Gasteiger partial charge in [-0.25, -0.2) is 0 Å². The molecule has 1 saturated heterocycles. The minimum absolute atomic E-state index is 0.436. The number of hydrogen-bond acceptors (Lipinski definition) is 2. The molecule has 3 heteroatoms. The fourth-order valence-corrected chi connectivity index (χ4v) is 2.58. The fourth-order valence-electron chi connectivity index (χ4n) is 2.31. The highest BCUT2D eigenvalue weighted by Gasteiger charge is 2.11. The predicted octanol–water partition coefficient (Wildman–Crippen LogP) is 3.20. The van der Waals surface area contributed by atoms with Gasteiger partial charge in [-0.3, -0.25) is 0 Å². The fraction of sp³-hybridized carbons (Fsp3) is 0.571. The van der Waals surface area contributed by atoms with Crippen molar-refractivity contribution in [2.45, 2.75) is 25.8 Å². The van der Waals surface area contributed by atoms with Gasteiger partial charge in [-0.05, 0) is 50.6 Å². The maximum atomic E-state index is 3.59. The van der Waals surface area contributed by atoms with Gasteiger partial charge in [0.2, 0.25) is 0 Å². The quantitative estimate of drug-likeness (QED) is 0.898. The number of nitrogens with one attached hydrogen (secondary N) is 1. The number of nitrogens with zero attached hydrogens (tertiary/aromatic N) is 1. The van der Waals surface area contributed by atoms with Gasteiger partial charge >= 0.3 is 0 Å². The van der Waals surface area contributed by atoms with Crippen molar-refractivity contribution in [2.24, 2.45) is 0 Å². The lowest BCUT2D eigenvalue weighted by atomic mass is 10.1. The van der Waals surface area contributed by atoms with Crippen molar-refractivity contribution in [3.05, 3.63) is 34.3 Å². The molecule has 1 aliphatic heterocycles. The Morgan fingerprint density at radius 2 is 1.88 bits per heavy atom. The van der Waals surface area contributed by atoms with E-state index >= 15 is 0 Å². The molecule has 0 saturated carbocycles. The van der Waals surface area contributed by atoms with E-state index in [1.807, 2.05) is 0 Å². The Hall–Kier alpha value is -0.380. The second-order valence-corrected chi connectivity index (χ2v) is 5.69. The number of rotatable bonds is 5. The first-order chi connectivity index (χ1) is 8.25. The molecule has 0 spiro atoms. The van der Waals surface area contributed by atoms with Crippen LogP contribution in [0.3, 0.4) is 0 Å². The first-order valence-corrected chi connectivity index (χ1v) is 7.26. The van der Waals surface area contributed by atoms with E-state index in [9.17, 15) is 0 Å². The van der Waals surface area contributed by atoms with Crippen LogP contribution in [0.4, 0.5) is 0 Å². The zero-order chi connectivity index (χ0) is 12.1. The lowest BCUT2D eigenvalue weighted by Gasteiger charge is -2.18. The number of likely N-dealkylation sites (tertiary alicyclic amines) is 1. The summed E-state index contributed by atoms with van der Waals surface area (Å²) in [5.41, 5.74) is 1.36. The molecule has 1 aromatic carbocycles. The Balaban J connectivity index is 1.72. The highest BCUT2D eigenvalue weighted by Crippen LogP contribution is 2.16. The highest BCUT2D eigenvalue weighted by atomic mass is 79.9. The van der Waals surface area contributed by atoms with Crippen LogP contribution in [-0.4, -0.2) is 31.1 Å². The van der Waals surface area contributed by atoms with E-state index in [-0.39, 0.29) is 0 Å². The standard InChI is InChI=1S/C14H21BrN2/c1-12(13-4-6-14(15)7-5-13)16-8-11-17-9-2-3-10-17/h4-7,12,16H,2-3,8-11H2,1H3. The van der Waals surface area contributed by atoms with Gasteiger partial charge in [0, 0.05) is 23.6 Å². The third kappa shape index (κ3) is 4.09. The third-order valence-electron chi connectivity index (χ3n) is 3.45. The first-order valence-electron chi connectivity index (χ1n) is 6.47. The molecular weight excluding hydrogens is 276 g/mol. The maximum absolute atomic E-state index is 3.59. The molecule has 0 amide bonds. The van der Waals surface area contributed by atoms with Crippen LogP contribution in [0.5, 0.6) is 0 Å². The van der Waals surface area contributed by atoms with Crippen molar-refractivity contribution in [2.75, 3.05) is 26.2 Å². The first kappa shape index (κ1) is 13.1. The minimum Gasteiger partial charge on any atom is -0.309 e. The molecule has 1 unspecified atom stereocenters. The molecule has 0 bridgehead atoms. The molecule has 2 rings (SSSR count). The van der Waals surface area contributed by atoms with Gasteiger partial charge in [-0.2, -0.15) is 0 Å². The smallest absolute Gasteiger partial charge is 0.0292 e. The van der Waals surface area contributed by atoms with Crippen LogP contribution in [-0.2, 0) is 0 Å². The summed E-state index contributed by atoms with van der Waals surface area (Å²) >= 11 is 3.46. The van der Waals surface area contributed by atoms with E-state index < -0.39 is 0 Å². The monoisotopic (exact) mass is 296 g/mol. The molecule has 0 aliphatic carbocycles. The Kier molecular flexibility index (Phi) is 5.01. The normalized spacial score (nSPS) is 18.5. The van der Waals surface area contributed by atoms with Crippen LogP contribution in [0, 0.1) is 0 Å². The average Bonchev–Trinajstić information content (AvgIpc) is 2.83. The second-order valence-electron chi connectivity index (χ2n) is 4.78. The van der Waals surface area contributed by atoms with Crippen LogP contribution < -0.4 is 5.32 Å². The van der Waals surface area contributed by atoms with E-state index in [4.69, 9.17) is 0 Å². The topological polar surface area (TPSA) is 15.3 Å². The Labute approximate surface area is 113 Å². The maximum Gasteiger partial charge on any atom is 0.0292 e. The predicted molar refractivity (Wildman–Crippen MR) is 76.2 cm³/mol. The minimum atomic E-state index is 0.436. The number of halogens is 1. The van der Waals surface area contributed by atoms with E-state index in [0.29, 0.717) is 6.04 Å². The van der Waals surface area contributed by atoms with Crippen LogP contribution in [0.2, 0.25) is 0 Å². The van der Waals surface area contributed by atoms with Gasteiger partial charge in [0.15, 0.2) is 0 Å². The van der Waals surface area contributed by atoms with Gasteiger partial charge in [0.05, 0.1) is 0 Å². The molecule has 17 heavy (non-hydrogen) atoms. The largest absolute Gasteiger partial charge is 0.309 e. The molecule has 1 aromatic rings. The summed E-state index contributed by atoms with van der Waals surface area (Å²) in [5, 5.41) is 3.59. The molecule has 94 valence electrons. The summed E-state index contributed by atoms with van der Waals surface area (Å²) < 4.78 is 1.14. The zero-order valence-electron chi connectivity index (χ0n) is 10.5.